The van der Waals surface area contributed by atoms with Gasteiger partial charge in [0.05, 0.1) is 13.2 Å². The van der Waals surface area contributed by atoms with Crippen molar-refractivity contribution in [2.75, 3.05) is 7.11 Å². The monoisotopic (exact) mass is 319 g/mol. The summed E-state index contributed by atoms with van der Waals surface area (Å²) in [5, 5.41) is 2.23. The van der Waals surface area contributed by atoms with Gasteiger partial charge in [-0.25, -0.2) is 4.79 Å². The SMILES string of the molecule is COC(=O)C1(NC(C)=O)CC(OS(=O)(=O)C(F)(F)F)C1. The van der Waals surface area contributed by atoms with Gasteiger partial charge in [0.15, 0.2) is 0 Å². The number of carbonyl (C=O) groups excluding carboxylic acids is 2. The standard InChI is InChI=1S/C9H12F3NO6S/c1-5(14)13-8(7(15)18-2)3-6(4-8)19-20(16,17)9(10,11)12/h6H,3-4H2,1-2H3,(H,13,14). The molecule has 11 heteroatoms. The average molecular weight is 319 g/mol. The number of nitrogens with one attached hydrogen (secondary N) is 1. The number of ether oxygens (including phenoxy) is 1. The van der Waals surface area contributed by atoms with Crippen LogP contribution in [0.2, 0.25) is 0 Å². The molecule has 0 radical (unpaired) electrons. The van der Waals surface area contributed by atoms with Crippen LogP contribution in [0.4, 0.5) is 13.2 Å². The first-order chi connectivity index (χ1) is 8.93. The van der Waals surface area contributed by atoms with Crippen molar-refractivity contribution in [3.63, 3.8) is 0 Å². The lowest BCUT2D eigenvalue weighted by Crippen LogP contribution is -2.65. The van der Waals surface area contributed by atoms with Crippen LogP contribution >= 0.6 is 0 Å². The van der Waals surface area contributed by atoms with Crippen molar-refractivity contribution in [3.05, 3.63) is 0 Å². The zero-order valence-corrected chi connectivity index (χ0v) is 11.3. The lowest BCUT2D eigenvalue weighted by Gasteiger charge is -2.44. The van der Waals surface area contributed by atoms with Crippen molar-refractivity contribution in [1.82, 2.24) is 5.32 Å². The Morgan fingerprint density at radius 1 is 1.30 bits per heavy atom. The van der Waals surface area contributed by atoms with E-state index in [4.69, 9.17) is 0 Å². The Bertz CT molecular complexity index is 508. The Morgan fingerprint density at radius 3 is 2.15 bits per heavy atom. The van der Waals surface area contributed by atoms with Crippen LogP contribution in [0.1, 0.15) is 19.8 Å². The molecule has 7 nitrogen and oxygen atoms in total. The van der Waals surface area contributed by atoms with Gasteiger partial charge in [-0.15, -0.1) is 0 Å². The number of hydrogen-bond donors (Lipinski definition) is 1. The Balaban J connectivity index is 2.76. The summed E-state index contributed by atoms with van der Waals surface area (Å²) in [4.78, 5) is 22.5. The van der Waals surface area contributed by atoms with Crippen LogP contribution in [-0.2, 0) is 28.6 Å². The molecule has 0 saturated heterocycles. The van der Waals surface area contributed by atoms with Gasteiger partial charge in [-0.1, -0.05) is 0 Å². The maximum Gasteiger partial charge on any atom is 0.523 e. The molecule has 0 unspecified atom stereocenters. The van der Waals surface area contributed by atoms with E-state index in [1.54, 1.807) is 0 Å². The van der Waals surface area contributed by atoms with Crippen LogP contribution in [0, 0.1) is 0 Å². The second-order valence-corrected chi connectivity index (χ2v) is 5.84. The molecule has 0 bridgehead atoms. The highest BCUT2D eigenvalue weighted by atomic mass is 32.2. The Kier molecular flexibility index (Phi) is 4.34. The smallest absolute Gasteiger partial charge is 0.467 e. The first-order valence-corrected chi connectivity index (χ1v) is 6.71. The summed E-state index contributed by atoms with van der Waals surface area (Å²) in [6.45, 7) is 1.10. The lowest BCUT2D eigenvalue weighted by molar-refractivity contribution is -0.160. The van der Waals surface area contributed by atoms with Crippen LogP contribution in [0.15, 0.2) is 0 Å². The van der Waals surface area contributed by atoms with Gasteiger partial charge in [0.2, 0.25) is 5.91 Å². The molecule has 0 atom stereocenters. The fraction of sp³-hybridized carbons (Fsp3) is 0.778. The summed E-state index contributed by atoms with van der Waals surface area (Å²) in [7, 11) is -4.70. The van der Waals surface area contributed by atoms with E-state index in [2.05, 4.69) is 14.2 Å². The summed E-state index contributed by atoms with van der Waals surface area (Å²) < 4.78 is 66.3. The first-order valence-electron chi connectivity index (χ1n) is 5.30. The van der Waals surface area contributed by atoms with E-state index in [0.717, 1.165) is 14.0 Å². The number of carbonyl (C=O) groups is 2. The van der Waals surface area contributed by atoms with E-state index in [0.29, 0.717) is 0 Å². The predicted octanol–water partition coefficient (Wildman–Crippen LogP) is 0.0629. The Labute approximate surface area is 112 Å². The fourth-order valence-electron chi connectivity index (χ4n) is 1.87. The summed E-state index contributed by atoms with van der Waals surface area (Å²) >= 11 is 0. The molecule has 1 fully saturated rings. The number of amides is 1. The highest BCUT2D eigenvalue weighted by molar-refractivity contribution is 7.87. The molecular formula is C9H12F3NO6S. The lowest BCUT2D eigenvalue weighted by atomic mass is 9.74. The molecule has 1 aliphatic rings. The van der Waals surface area contributed by atoms with Crippen LogP contribution in [0.5, 0.6) is 0 Å². The van der Waals surface area contributed by atoms with E-state index in [1.807, 2.05) is 0 Å². The minimum absolute atomic E-state index is 0.422. The molecule has 1 aliphatic carbocycles. The van der Waals surface area contributed by atoms with Crippen molar-refractivity contribution in [2.45, 2.75) is 36.9 Å². The summed E-state index contributed by atoms with van der Waals surface area (Å²) in [6.07, 6.45) is -2.20. The summed E-state index contributed by atoms with van der Waals surface area (Å²) in [5.74, 6) is -1.48. The molecule has 0 aromatic heterocycles. The van der Waals surface area contributed by atoms with E-state index in [-0.39, 0.29) is 0 Å². The molecule has 1 saturated carbocycles. The van der Waals surface area contributed by atoms with E-state index >= 15 is 0 Å². The number of halogens is 3. The number of methoxy groups -OCH3 is 1. The molecule has 1 N–H and O–H groups in total. The largest absolute Gasteiger partial charge is 0.523 e. The molecule has 1 rings (SSSR count). The van der Waals surface area contributed by atoms with Crippen molar-refractivity contribution >= 4 is 22.0 Å². The van der Waals surface area contributed by atoms with Crippen molar-refractivity contribution in [3.8, 4) is 0 Å². The van der Waals surface area contributed by atoms with Gasteiger partial charge in [-0.3, -0.25) is 8.98 Å². The van der Waals surface area contributed by atoms with E-state index in [9.17, 15) is 31.2 Å². The zero-order valence-electron chi connectivity index (χ0n) is 10.5. The maximum absolute atomic E-state index is 12.1. The Hall–Kier alpha value is -1.36. The minimum Gasteiger partial charge on any atom is -0.467 e. The van der Waals surface area contributed by atoms with Crippen LogP contribution < -0.4 is 5.32 Å². The van der Waals surface area contributed by atoms with Gasteiger partial charge in [0, 0.05) is 19.8 Å². The minimum atomic E-state index is -5.73. The second-order valence-electron chi connectivity index (χ2n) is 4.28. The topological polar surface area (TPSA) is 98.8 Å². The third kappa shape index (κ3) is 3.20. The van der Waals surface area contributed by atoms with Crippen molar-refractivity contribution in [2.24, 2.45) is 0 Å². The van der Waals surface area contributed by atoms with Crippen molar-refractivity contribution < 1.29 is 40.1 Å². The highest BCUT2D eigenvalue weighted by Crippen LogP contribution is 2.39. The van der Waals surface area contributed by atoms with Gasteiger partial charge < -0.3 is 10.1 Å². The number of rotatable bonds is 4. The third-order valence-corrected chi connectivity index (χ3v) is 3.78. The summed E-state index contributed by atoms with van der Waals surface area (Å²) in [5.41, 5.74) is -7.09. The number of alkyl halides is 3. The molecule has 1 amide bonds. The van der Waals surface area contributed by atoms with Crippen molar-refractivity contribution in [1.29, 1.82) is 0 Å². The molecule has 116 valence electrons. The van der Waals surface area contributed by atoms with Gasteiger partial charge in [-0.05, 0) is 0 Å². The third-order valence-electron chi connectivity index (χ3n) is 2.69. The van der Waals surface area contributed by atoms with Crippen LogP contribution in [0.3, 0.4) is 0 Å². The van der Waals surface area contributed by atoms with Crippen LogP contribution in [-0.4, -0.2) is 44.6 Å². The molecule has 0 heterocycles. The molecule has 0 aromatic carbocycles. The van der Waals surface area contributed by atoms with Gasteiger partial charge in [-0.2, -0.15) is 21.6 Å². The zero-order chi connectivity index (χ0) is 15.8. The molecule has 0 aromatic rings. The molecule has 0 aliphatic heterocycles. The average Bonchev–Trinajstić information content (AvgIpc) is 2.22. The Morgan fingerprint density at radius 2 is 1.80 bits per heavy atom. The predicted molar refractivity (Wildman–Crippen MR) is 57.6 cm³/mol. The number of hydrogen-bond acceptors (Lipinski definition) is 6. The first kappa shape index (κ1) is 16.7. The number of esters is 1. The van der Waals surface area contributed by atoms with E-state index < -0.39 is 52.0 Å². The highest BCUT2D eigenvalue weighted by Gasteiger charge is 2.57. The second kappa shape index (κ2) is 5.20. The quantitative estimate of drug-likeness (QED) is 0.447. The molecular weight excluding hydrogens is 307 g/mol. The van der Waals surface area contributed by atoms with E-state index in [1.165, 1.54) is 0 Å². The molecule has 0 spiro atoms. The normalized spacial score (nSPS) is 26.6. The fourth-order valence-corrected chi connectivity index (χ4v) is 2.47. The van der Waals surface area contributed by atoms with Gasteiger partial charge in [0.1, 0.15) is 5.54 Å². The van der Waals surface area contributed by atoms with Gasteiger partial charge >= 0.3 is 21.6 Å². The summed E-state index contributed by atoms with van der Waals surface area (Å²) in [6, 6.07) is 0. The molecule has 20 heavy (non-hydrogen) atoms. The maximum atomic E-state index is 12.1. The van der Waals surface area contributed by atoms with Crippen LogP contribution in [0.25, 0.3) is 0 Å². The van der Waals surface area contributed by atoms with Gasteiger partial charge in [0.25, 0.3) is 0 Å².